The first-order valence-corrected chi connectivity index (χ1v) is 4.93. The van der Waals surface area contributed by atoms with E-state index in [1.807, 2.05) is 0 Å². The molecular weight excluding hydrogens is 209 g/mol. The minimum absolute atomic E-state index is 0.218. The highest BCUT2D eigenvalue weighted by molar-refractivity contribution is 7.17. The Hall–Kier alpha value is -1.03. The molecule has 0 fully saturated rings. The molecule has 0 nitrogen and oxygen atoms in total. The van der Waals surface area contributed by atoms with Gasteiger partial charge in [-0.25, -0.2) is 13.2 Å². The molecule has 4 heteroatoms. The zero-order valence-corrected chi connectivity index (χ0v) is 8.17. The van der Waals surface area contributed by atoms with E-state index in [0.717, 1.165) is 6.07 Å². The molecule has 1 aromatic heterocycles. The largest absolute Gasteiger partial charge is 0.264 e. The maximum Gasteiger partial charge on any atom is 0.264 e. The summed E-state index contributed by atoms with van der Waals surface area (Å²) in [7, 11) is 0. The third-order valence-electron chi connectivity index (χ3n) is 2.19. The quantitative estimate of drug-likeness (QED) is 0.667. The number of benzene rings is 1. The first-order valence-electron chi connectivity index (χ1n) is 4.05. The minimum Gasteiger partial charge on any atom is -0.207 e. The van der Waals surface area contributed by atoms with Crippen molar-refractivity contribution in [1.29, 1.82) is 0 Å². The third kappa shape index (κ3) is 1.30. The Morgan fingerprint density at radius 2 is 2.07 bits per heavy atom. The fourth-order valence-electron chi connectivity index (χ4n) is 1.44. The molecule has 0 unspecified atom stereocenters. The Bertz CT molecular complexity index is 473. The lowest BCUT2D eigenvalue weighted by Crippen LogP contribution is -1.90. The molecule has 74 valence electrons. The predicted molar refractivity (Wildman–Crippen MR) is 51.5 cm³/mol. The lowest BCUT2D eigenvalue weighted by molar-refractivity contribution is 0.152. The smallest absolute Gasteiger partial charge is 0.207 e. The van der Waals surface area contributed by atoms with E-state index in [1.165, 1.54) is 11.3 Å². The SMILES string of the molecule is Cc1c(F)cc(C(F)F)c2ccsc12. The second-order valence-corrected chi connectivity index (χ2v) is 3.95. The summed E-state index contributed by atoms with van der Waals surface area (Å²) in [5.41, 5.74) is 0.226. The van der Waals surface area contributed by atoms with Crippen LogP contribution in [0.25, 0.3) is 10.1 Å². The minimum atomic E-state index is -2.62. The van der Waals surface area contributed by atoms with Crippen molar-refractivity contribution in [3.8, 4) is 0 Å². The van der Waals surface area contributed by atoms with Crippen molar-refractivity contribution >= 4 is 21.4 Å². The lowest BCUT2D eigenvalue weighted by atomic mass is 10.1. The lowest BCUT2D eigenvalue weighted by Gasteiger charge is -2.05. The van der Waals surface area contributed by atoms with Crippen LogP contribution in [0, 0.1) is 12.7 Å². The van der Waals surface area contributed by atoms with Crippen LogP contribution in [0.4, 0.5) is 13.2 Å². The third-order valence-corrected chi connectivity index (χ3v) is 3.23. The molecule has 0 aliphatic heterocycles. The van der Waals surface area contributed by atoms with Gasteiger partial charge in [0.05, 0.1) is 0 Å². The van der Waals surface area contributed by atoms with Gasteiger partial charge in [0, 0.05) is 21.2 Å². The molecule has 0 radical (unpaired) electrons. The van der Waals surface area contributed by atoms with Crippen molar-refractivity contribution < 1.29 is 13.2 Å². The summed E-state index contributed by atoms with van der Waals surface area (Å²) in [6, 6.07) is 2.53. The van der Waals surface area contributed by atoms with Gasteiger partial charge in [0.1, 0.15) is 5.82 Å². The Labute approximate surface area is 83.0 Å². The first-order chi connectivity index (χ1) is 6.61. The second-order valence-electron chi connectivity index (χ2n) is 3.04. The molecule has 2 aromatic rings. The van der Waals surface area contributed by atoms with E-state index in [0.29, 0.717) is 15.6 Å². The summed E-state index contributed by atoms with van der Waals surface area (Å²) in [6.45, 7) is 1.60. The molecule has 0 atom stereocenters. The van der Waals surface area contributed by atoms with Crippen molar-refractivity contribution in [2.24, 2.45) is 0 Å². The summed E-state index contributed by atoms with van der Waals surface area (Å²) in [4.78, 5) is 0. The fourth-order valence-corrected chi connectivity index (χ4v) is 2.37. The summed E-state index contributed by atoms with van der Waals surface area (Å²) >= 11 is 1.29. The van der Waals surface area contributed by atoms with Crippen molar-refractivity contribution in [3.05, 3.63) is 34.5 Å². The predicted octanol–water partition coefficient (Wildman–Crippen LogP) is 4.29. The number of thiophene rings is 1. The standard InChI is InChI=1S/C10H7F3S/c1-5-8(11)4-7(10(12)13)6-2-3-14-9(5)6/h2-4,10H,1H3. The molecular formula is C10H7F3S. The van der Waals surface area contributed by atoms with E-state index in [-0.39, 0.29) is 5.56 Å². The molecule has 0 N–H and O–H groups in total. The maximum absolute atomic E-state index is 13.2. The van der Waals surface area contributed by atoms with Gasteiger partial charge in [0.15, 0.2) is 0 Å². The molecule has 0 aliphatic carbocycles. The van der Waals surface area contributed by atoms with Crippen LogP contribution in [0.1, 0.15) is 17.6 Å². The number of halogens is 3. The van der Waals surface area contributed by atoms with Gasteiger partial charge in [-0.15, -0.1) is 11.3 Å². The van der Waals surface area contributed by atoms with E-state index in [9.17, 15) is 13.2 Å². The van der Waals surface area contributed by atoms with Gasteiger partial charge in [0.25, 0.3) is 6.43 Å². The van der Waals surface area contributed by atoms with Gasteiger partial charge < -0.3 is 0 Å². The van der Waals surface area contributed by atoms with Crippen molar-refractivity contribution in [1.82, 2.24) is 0 Å². The Balaban J connectivity index is 2.84. The molecule has 0 amide bonds. The first kappa shape index (κ1) is 9.52. The van der Waals surface area contributed by atoms with Crippen molar-refractivity contribution in [2.45, 2.75) is 13.3 Å². The maximum atomic E-state index is 13.2. The number of aryl methyl sites for hydroxylation is 1. The van der Waals surface area contributed by atoms with E-state index >= 15 is 0 Å². The zero-order valence-electron chi connectivity index (χ0n) is 7.35. The Morgan fingerprint density at radius 1 is 1.36 bits per heavy atom. The van der Waals surface area contributed by atoms with Crippen LogP contribution in [0.3, 0.4) is 0 Å². The monoisotopic (exact) mass is 216 g/mol. The summed E-state index contributed by atoms with van der Waals surface area (Å²) in [5, 5.41) is 2.16. The molecule has 1 heterocycles. The van der Waals surface area contributed by atoms with Gasteiger partial charge in [-0.3, -0.25) is 0 Å². The highest BCUT2D eigenvalue weighted by Gasteiger charge is 2.16. The van der Waals surface area contributed by atoms with Crippen LogP contribution < -0.4 is 0 Å². The Morgan fingerprint density at radius 3 is 2.71 bits per heavy atom. The number of hydrogen-bond acceptors (Lipinski definition) is 1. The van der Waals surface area contributed by atoms with Crippen LogP contribution >= 0.6 is 11.3 Å². The van der Waals surface area contributed by atoms with E-state index in [4.69, 9.17) is 0 Å². The highest BCUT2D eigenvalue weighted by Crippen LogP contribution is 2.34. The average Bonchev–Trinajstić information content (AvgIpc) is 2.59. The van der Waals surface area contributed by atoms with Crippen LogP contribution in [0.2, 0.25) is 0 Å². The molecule has 0 spiro atoms. The summed E-state index contributed by atoms with van der Waals surface area (Å²) < 4.78 is 38.9. The molecule has 14 heavy (non-hydrogen) atoms. The van der Waals surface area contributed by atoms with Crippen LogP contribution in [-0.2, 0) is 0 Å². The highest BCUT2D eigenvalue weighted by atomic mass is 32.1. The zero-order chi connectivity index (χ0) is 10.3. The topological polar surface area (TPSA) is 0 Å². The fraction of sp³-hybridized carbons (Fsp3) is 0.200. The van der Waals surface area contributed by atoms with Gasteiger partial charge in [-0.05, 0) is 24.4 Å². The molecule has 0 saturated heterocycles. The van der Waals surface area contributed by atoms with Crippen molar-refractivity contribution in [3.63, 3.8) is 0 Å². The summed E-state index contributed by atoms with van der Waals surface area (Å²) in [5.74, 6) is -0.560. The van der Waals surface area contributed by atoms with Crippen LogP contribution in [-0.4, -0.2) is 0 Å². The van der Waals surface area contributed by atoms with Crippen LogP contribution in [0.15, 0.2) is 17.5 Å². The van der Waals surface area contributed by atoms with Gasteiger partial charge in [-0.1, -0.05) is 0 Å². The van der Waals surface area contributed by atoms with E-state index in [1.54, 1.807) is 18.4 Å². The van der Waals surface area contributed by atoms with Crippen LogP contribution in [0.5, 0.6) is 0 Å². The number of rotatable bonds is 1. The number of hydrogen-bond donors (Lipinski definition) is 0. The molecule has 0 bridgehead atoms. The average molecular weight is 216 g/mol. The van der Waals surface area contributed by atoms with Crippen molar-refractivity contribution in [2.75, 3.05) is 0 Å². The van der Waals surface area contributed by atoms with E-state index < -0.39 is 12.2 Å². The molecule has 1 aromatic carbocycles. The molecule has 0 saturated carbocycles. The second kappa shape index (κ2) is 3.28. The Kier molecular flexibility index (Phi) is 2.23. The summed E-state index contributed by atoms with van der Waals surface area (Å²) in [6.07, 6.45) is -2.62. The normalized spacial score (nSPS) is 11.5. The van der Waals surface area contributed by atoms with Gasteiger partial charge in [-0.2, -0.15) is 0 Å². The van der Waals surface area contributed by atoms with Gasteiger partial charge in [0.2, 0.25) is 0 Å². The molecule has 0 aliphatic rings. The van der Waals surface area contributed by atoms with E-state index in [2.05, 4.69) is 0 Å². The number of alkyl halides is 2. The van der Waals surface area contributed by atoms with Gasteiger partial charge >= 0.3 is 0 Å². The number of fused-ring (bicyclic) bond motifs is 1. The molecule has 2 rings (SSSR count).